The first-order valence-corrected chi connectivity index (χ1v) is 7.53. The molecule has 8 heteroatoms. The average Bonchev–Trinajstić information content (AvgIpc) is 3.02. The Balaban J connectivity index is 2.09. The van der Waals surface area contributed by atoms with E-state index in [1.54, 1.807) is 24.3 Å². The van der Waals surface area contributed by atoms with Gasteiger partial charge in [0.15, 0.2) is 0 Å². The number of methoxy groups -OCH3 is 1. The van der Waals surface area contributed by atoms with Gasteiger partial charge in [0.05, 0.1) is 12.8 Å². The van der Waals surface area contributed by atoms with Crippen molar-refractivity contribution < 1.29 is 14.3 Å². The lowest BCUT2D eigenvalue weighted by molar-refractivity contribution is 0.0951. The summed E-state index contributed by atoms with van der Waals surface area (Å²) in [5.41, 5.74) is 0.448. The lowest BCUT2D eigenvalue weighted by Gasteiger charge is -2.28. The van der Waals surface area contributed by atoms with Gasteiger partial charge < -0.3 is 15.4 Å². The molecule has 0 saturated carbocycles. The number of anilines is 1. The van der Waals surface area contributed by atoms with Crippen LogP contribution in [0, 0.1) is 0 Å². The van der Waals surface area contributed by atoms with Gasteiger partial charge in [-0.15, -0.1) is 6.58 Å². The summed E-state index contributed by atoms with van der Waals surface area (Å²) >= 11 is 5.95. The highest BCUT2D eigenvalue weighted by molar-refractivity contribution is 6.31. The summed E-state index contributed by atoms with van der Waals surface area (Å²) in [5, 5.41) is 8.58. The van der Waals surface area contributed by atoms with Crippen molar-refractivity contribution in [2.75, 3.05) is 32.1 Å². The van der Waals surface area contributed by atoms with Gasteiger partial charge in [-0.3, -0.25) is 0 Å². The van der Waals surface area contributed by atoms with E-state index >= 15 is 0 Å². The molecule has 0 atom stereocenters. The van der Waals surface area contributed by atoms with Crippen LogP contribution in [0.3, 0.4) is 0 Å². The molecule has 0 aromatic heterocycles. The fourth-order valence-corrected chi connectivity index (χ4v) is 2.41. The zero-order valence-corrected chi connectivity index (χ0v) is 13.6. The zero-order valence-electron chi connectivity index (χ0n) is 12.8. The van der Waals surface area contributed by atoms with Crippen molar-refractivity contribution in [2.24, 2.45) is 0 Å². The Labute approximate surface area is 139 Å². The van der Waals surface area contributed by atoms with Crippen LogP contribution in [-0.2, 0) is 0 Å². The normalized spacial score (nSPS) is 13.7. The topological polar surface area (TPSA) is 73.9 Å². The minimum absolute atomic E-state index is 0.337. The number of nitrogens with zero attached hydrogens (tertiary/aromatic N) is 2. The van der Waals surface area contributed by atoms with Gasteiger partial charge >= 0.3 is 12.1 Å². The minimum atomic E-state index is -0.420. The number of nitrogens with one attached hydrogen (secondary N) is 2. The number of ether oxygens (including phenoxy) is 1. The number of amides is 4. The molecule has 1 aliphatic rings. The van der Waals surface area contributed by atoms with E-state index in [-0.39, 0.29) is 6.03 Å². The monoisotopic (exact) mass is 338 g/mol. The van der Waals surface area contributed by atoms with Crippen molar-refractivity contribution in [1.29, 1.82) is 0 Å². The molecular formula is C15H19ClN4O3. The molecule has 1 aromatic rings. The lowest BCUT2D eigenvalue weighted by Crippen LogP contribution is -2.50. The molecule has 0 aliphatic carbocycles. The van der Waals surface area contributed by atoms with Gasteiger partial charge in [0.1, 0.15) is 5.75 Å². The number of rotatable bonds is 4. The Kier molecular flexibility index (Phi) is 5.70. The maximum Gasteiger partial charge on any atom is 0.340 e. The third kappa shape index (κ3) is 4.07. The second kappa shape index (κ2) is 7.73. The fraction of sp³-hybridized carbons (Fsp3) is 0.333. The predicted octanol–water partition coefficient (Wildman–Crippen LogP) is 2.70. The van der Waals surface area contributed by atoms with Crippen LogP contribution in [0.25, 0.3) is 0 Å². The Morgan fingerprint density at radius 2 is 2.04 bits per heavy atom. The SMILES string of the molecule is C=CCNC(=O)N1CCCN1C(=O)Nc1cc(Cl)ccc1OC. The van der Waals surface area contributed by atoms with Crippen molar-refractivity contribution >= 4 is 29.4 Å². The van der Waals surface area contributed by atoms with E-state index in [1.807, 2.05) is 0 Å². The summed E-state index contributed by atoms with van der Waals surface area (Å²) in [6.07, 6.45) is 2.29. The van der Waals surface area contributed by atoms with Crippen LogP contribution < -0.4 is 15.4 Å². The van der Waals surface area contributed by atoms with E-state index in [9.17, 15) is 9.59 Å². The summed E-state index contributed by atoms with van der Waals surface area (Å²) in [5.74, 6) is 0.490. The van der Waals surface area contributed by atoms with Crippen LogP contribution in [0.5, 0.6) is 5.75 Å². The molecule has 0 spiro atoms. The summed E-state index contributed by atoms with van der Waals surface area (Å²) in [7, 11) is 1.50. The molecular weight excluding hydrogens is 320 g/mol. The van der Waals surface area contributed by atoms with Gasteiger partial charge in [-0.2, -0.15) is 0 Å². The van der Waals surface area contributed by atoms with E-state index in [2.05, 4.69) is 17.2 Å². The van der Waals surface area contributed by atoms with Gasteiger partial charge in [0.25, 0.3) is 0 Å². The quantitative estimate of drug-likeness (QED) is 0.829. The summed E-state index contributed by atoms with van der Waals surface area (Å²) in [6, 6.07) is 4.17. The first-order chi connectivity index (χ1) is 11.1. The van der Waals surface area contributed by atoms with Gasteiger partial charge in [0.2, 0.25) is 0 Å². The zero-order chi connectivity index (χ0) is 16.8. The van der Waals surface area contributed by atoms with Gasteiger partial charge in [-0.05, 0) is 24.6 Å². The molecule has 2 rings (SSSR count). The largest absolute Gasteiger partial charge is 0.495 e. The number of benzene rings is 1. The first kappa shape index (κ1) is 17.0. The molecule has 1 aromatic carbocycles. The number of hydrazine groups is 1. The Morgan fingerprint density at radius 3 is 2.70 bits per heavy atom. The number of hydrogen-bond donors (Lipinski definition) is 2. The first-order valence-electron chi connectivity index (χ1n) is 7.15. The predicted molar refractivity (Wildman–Crippen MR) is 88.6 cm³/mol. The number of halogens is 1. The van der Waals surface area contributed by atoms with Crippen molar-refractivity contribution in [3.63, 3.8) is 0 Å². The van der Waals surface area contributed by atoms with E-state index in [1.165, 1.54) is 17.1 Å². The van der Waals surface area contributed by atoms with E-state index in [4.69, 9.17) is 16.3 Å². The van der Waals surface area contributed by atoms with Gasteiger partial charge in [0, 0.05) is 24.7 Å². The van der Waals surface area contributed by atoms with E-state index in [0.29, 0.717) is 42.5 Å². The number of urea groups is 2. The van der Waals surface area contributed by atoms with Crippen LogP contribution in [0.1, 0.15) is 6.42 Å². The summed E-state index contributed by atoms with van der Waals surface area (Å²) in [4.78, 5) is 24.5. The number of carbonyl (C=O) groups excluding carboxylic acids is 2. The Hall–Kier alpha value is -2.41. The van der Waals surface area contributed by atoms with Crippen LogP contribution in [0.15, 0.2) is 30.9 Å². The molecule has 0 bridgehead atoms. The third-order valence-electron chi connectivity index (χ3n) is 3.30. The number of carbonyl (C=O) groups is 2. The maximum atomic E-state index is 12.5. The average molecular weight is 339 g/mol. The third-order valence-corrected chi connectivity index (χ3v) is 3.54. The van der Waals surface area contributed by atoms with Crippen molar-refractivity contribution in [3.05, 3.63) is 35.9 Å². The van der Waals surface area contributed by atoms with Crippen LogP contribution >= 0.6 is 11.6 Å². The minimum Gasteiger partial charge on any atom is -0.495 e. The molecule has 1 saturated heterocycles. The molecule has 2 N–H and O–H groups in total. The molecule has 7 nitrogen and oxygen atoms in total. The molecule has 1 heterocycles. The molecule has 0 unspecified atom stereocenters. The van der Waals surface area contributed by atoms with Gasteiger partial charge in [-0.25, -0.2) is 19.6 Å². The highest BCUT2D eigenvalue weighted by Crippen LogP contribution is 2.28. The fourth-order valence-electron chi connectivity index (χ4n) is 2.24. The maximum absolute atomic E-state index is 12.5. The van der Waals surface area contributed by atoms with Crippen LogP contribution in [-0.4, -0.2) is 48.8 Å². The summed E-state index contributed by atoms with van der Waals surface area (Å²) < 4.78 is 5.20. The second-order valence-corrected chi connectivity index (χ2v) is 5.29. The second-order valence-electron chi connectivity index (χ2n) is 4.85. The van der Waals surface area contributed by atoms with E-state index in [0.717, 1.165) is 0 Å². The highest BCUT2D eigenvalue weighted by Gasteiger charge is 2.30. The van der Waals surface area contributed by atoms with Crippen molar-refractivity contribution in [3.8, 4) is 5.75 Å². The van der Waals surface area contributed by atoms with Crippen LogP contribution in [0.4, 0.5) is 15.3 Å². The number of hydrogen-bond acceptors (Lipinski definition) is 3. The standard InChI is InChI=1S/C15H19ClN4O3/c1-3-7-17-14(21)19-8-4-9-20(19)15(22)18-12-10-11(16)5-6-13(12)23-2/h3,5-6,10H,1,4,7-9H2,2H3,(H,17,21)(H,18,22). The highest BCUT2D eigenvalue weighted by atomic mass is 35.5. The van der Waals surface area contributed by atoms with Crippen LogP contribution in [0.2, 0.25) is 5.02 Å². The molecule has 124 valence electrons. The molecule has 0 radical (unpaired) electrons. The van der Waals surface area contributed by atoms with E-state index < -0.39 is 6.03 Å². The summed E-state index contributed by atoms with van der Waals surface area (Å²) in [6.45, 7) is 4.81. The Bertz CT molecular complexity index is 608. The molecule has 1 fully saturated rings. The van der Waals surface area contributed by atoms with Crippen molar-refractivity contribution in [1.82, 2.24) is 15.3 Å². The lowest BCUT2D eigenvalue weighted by atomic mass is 10.3. The smallest absolute Gasteiger partial charge is 0.340 e. The van der Waals surface area contributed by atoms with Gasteiger partial charge in [-0.1, -0.05) is 17.7 Å². The van der Waals surface area contributed by atoms with Crippen molar-refractivity contribution in [2.45, 2.75) is 6.42 Å². The Morgan fingerprint density at radius 1 is 1.35 bits per heavy atom. The molecule has 1 aliphatic heterocycles. The molecule has 23 heavy (non-hydrogen) atoms. The molecule has 4 amide bonds.